The van der Waals surface area contributed by atoms with Crippen molar-refractivity contribution in [3.63, 3.8) is 0 Å². The van der Waals surface area contributed by atoms with Crippen LogP contribution in [0.3, 0.4) is 0 Å². The summed E-state index contributed by atoms with van der Waals surface area (Å²) in [7, 11) is 0. The van der Waals surface area contributed by atoms with Gasteiger partial charge in [0.25, 0.3) is 5.91 Å². The van der Waals surface area contributed by atoms with E-state index in [4.69, 9.17) is 5.73 Å². The van der Waals surface area contributed by atoms with Crippen LogP contribution in [0, 0.1) is 5.82 Å². The van der Waals surface area contributed by atoms with E-state index < -0.39 is 35.8 Å². The molecule has 0 bridgehead atoms. The van der Waals surface area contributed by atoms with Gasteiger partial charge in [-0.05, 0) is 35.4 Å². The molecule has 1 heterocycles. The van der Waals surface area contributed by atoms with Crippen LogP contribution in [0.5, 0.6) is 5.75 Å². The first-order valence-electron chi connectivity index (χ1n) is 10.8. The zero-order valence-corrected chi connectivity index (χ0v) is 20.8. The van der Waals surface area contributed by atoms with Crippen LogP contribution >= 0.6 is 24.2 Å². The number of nitrogens with zero attached hydrogens (tertiary/aromatic N) is 1. The van der Waals surface area contributed by atoms with E-state index in [0.717, 1.165) is 17.7 Å². The molecule has 2 amide bonds. The molecule has 1 aliphatic heterocycles. The molecule has 0 saturated carbocycles. The van der Waals surface area contributed by atoms with E-state index in [1.807, 2.05) is 30.3 Å². The van der Waals surface area contributed by atoms with Gasteiger partial charge < -0.3 is 20.7 Å². The summed E-state index contributed by atoms with van der Waals surface area (Å²) >= 11 is 1.19. The summed E-state index contributed by atoms with van der Waals surface area (Å²) in [6, 6.07) is 15.7. The Morgan fingerprint density at radius 3 is 2.41 bits per heavy atom. The second-order valence-corrected chi connectivity index (χ2v) is 9.06. The van der Waals surface area contributed by atoms with Crippen LogP contribution in [0.1, 0.15) is 21.5 Å². The lowest BCUT2D eigenvalue weighted by Gasteiger charge is -2.25. The van der Waals surface area contributed by atoms with E-state index in [-0.39, 0.29) is 36.8 Å². The number of carbonyl (C=O) groups is 2. The molecule has 4 rings (SSSR count). The number of nitrogens with two attached hydrogens (primary N) is 1. The molecular weight excluding hydrogens is 534 g/mol. The number of alkyl halides is 3. The highest BCUT2D eigenvalue weighted by molar-refractivity contribution is 7.99. The molecule has 0 unspecified atom stereocenters. The standard InChI is InChI=1S/C25H21F4N3O3S.ClH/c26-19-11-22-21(10-18(19)23(33)31-12-15-4-2-1-3-5-15)32(24(34)20(30)14-36-22)13-16-6-8-17(9-7-16)35-25(27,28)29;/h1-11,20H,12-14,30H2,(H,31,33);1H/t20-;/m0./s1. The number of fused-ring (bicyclic) bond motifs is 1. The van der Waals surface area contributed by atoms with Crippen LogP contribution in [0.15, 0.2) is 71.6 Å². The van der Waals surface area contributed by atoms with E-state index >= 15 is 0 Å². The minimum atomic E-state index is -4.83. The fourth-order valence-electron chi connectivity index (χ4n) is 3.63. The number of hydrogen-bond donors (Lipinski definition) is 2. The second kappa shape index (κ2) is 11.8. The van der Waals surface area contributed by atoms with Crippen molar-refractivity contribution in [3.05, 3.63) is 89.2 Å². The monoisotopic (exact) mass is 555 g/mol. The first-order valence-corrected chi connectivity index (χ1v) is 11.8. The van der Waals surface area contributed by atoms with E-state index in [2.05, 4.69) is 10.1 Å². The highest BCUT2D eigenvalue weighted by atomic mass is 35.5. The lowest BCUT2D eigenvalue weighted by molar-refractivity contribution is -0.274. The van der Waals surface area contributed by atoms with Gasteiger partial charge in [-0.1, -0.05) is 42.5 Å². The largest absolute Gasteiger partial charge is 0.573 e. The summed E-state index contributed by atoms with van der Waals surface area (Å²) < 4.78 is 56.1. The van der Waals surface area contributed by atoms with Crippen molar-refractivity contribution in [2.45, 2.75) is 30.4 Å². The van der Waals surface area contributed by atoms with Gasteiger partial charge in [-0.25, -0.2) is 4.39 Å². The van der Waals surface area contributed by atoms with Crippen molar-refractivity contribution < 1.29 is 31.9 Å². The molecule has 0 fully saturated rings. The Hall–Kier alpha value is -3.28. The third-order valence-corrected chi connectivity index (χ3v) is 6.54. The van der Waals surface area contributed by atoms with Crippen molar-refractivity contribution in [1.82, 2.24) is 5.32 Å². The molecule has 1 aliphatic rings. The lowest BCUT2D eigenvalue weighted by atomic mass is 10.1. The molecular formula is C25H22ClF4N3O3S. The molecule has 37 heavy (non-hydrogen) atoms. The van der Waals surface area contributed by atoms with Gasteiger partial charge in [-0.3, -0.25) is 9.59 Å². The van der Waals surface area contributed by atoms with Gasteiger partial charge in [0.05, 0.1) is 23.8 Å². The topological polar surface area (TPSA) is 84.7 Å². The molecule has 0 spiro atoms. The molecule has 0 aromatic heterocycles. The summed E-state index contributed by atoms with van der Waals surface area (Å²) in [5.74, 6) is -2.07. The Bertz CT molecular complexity index is 1260. The minimum Gasteiger partial charge on any atom is -0.406 e. The Balaban J connectivity index is 0.00000380. The Morgan fingerprint density at radius 2 is 1.76 bits per heavy atom. The van der Waals surface area contributed by atoms with Crippen LogP contribution in [0.25, 0.3) is 0 Å². The van der Waals surface area contributed by atoms with Crippen LogP contribution in [-0.2, 0) is 17.9 Å². The van der Waals surface area contributed by atoms with Crippen LogP contribution < -0.4 is 20.7 Å². The fourth-order valence-corrected chi connectivity index (χ4v) is 4.63. The number of hydrogen-bond acceptors (Lipinski definition) is 5. The second-order valence-electron chi connectivity index (χ2n) is 8.00. The maximum Gasteiger partial charge on any atom is 0.573 e. The van der Waals surface area contributed by atoms with Gasteiger partial charge in [0.15, 0.2) is 0 Å². The average molecular weight is 556 g/mol. The van der Waals surface area contributed by atoms with Crippen LogP contribution in [0.2, 0.25) is 0 Å². The fraction of sp³-hybridized carbons (Fsp3) is 0.200. The maximum atomic E-state index is 14.9. The first kappa shape index (κ1) is 28.3. The number of benzene rings is 3. The van der Waals surface area contributed by atoms with Gasteiger partial charge in [-0.15, -0.1) is 37.3 Å². The maximum absolute atomic E-state index is 14.9. The van der Waals surface area contributed by atoms with E-state index in [9.17, 15) is 27.2 Å². The molecule has 196 valence electrons. The molecule has 12 heteroatoms. The highest BCUT2D eigenvalue weighted by Gasteiger charge is 2.32. The lowest BCUT2D eigenvalue weighted by Crippen LogP contribution is -2.44. The summed E-state index contributed by atoms with van der Waals surface area (Å²) in [5, 5.41) is 2.67. The van der Waals surface area contributed by atoms with Crippen LogP contribution in [0.4, 0.5) is 23.2 Å². The number of amides is 2. The van der Waals surface area contributed by atoms with Crippen LogP contribution in [-0.4, -0.2) is 30.0 Å². The van der Waals surface area contributed by atoms with E-state index in [1.165, 1.54) is 40.9 Å². The third kappa shape index (κ3) is 7.15. The molecule has 0 saturated heterocycles. The minimum absolute atomic E-state index is 0. The smallest absolute Gasteiger partial charge is 0.406 e. The molecule has 3 aromatic carbocycles. The zero-order chi connectivity index (χ0) is 25.9. The predicted molar refractivity (Wildman–Crippen MR) is 134 cm³/mol. The van der Waals surface area contributed by atoms with Gasteiger partial charge in [0.1, 0.15) is 11.6 Å². The van der Waals surface area contributed by atoms with Crippen molar-refractivity contribution in [2.75, 3.05) is 10.7 Å². The van der Waals surface area contributed by atoms with E-state index in [0.29, 0.717) is 16.1 Å². The molecule has 3 N–H and O–H groups in total. The number of halogens is 5. The normalized spacial score (nSPS) is 15.3. The van der Waals surface area contributed by atoms with Gasteiger partial charge >= 0.3 is 6.36 Å². The number of carbonyl (C=O) groups excluding carboxylic acids is 2. The van der Waals surface area contributed by atoms with E-state index in [1.54, 1.807) is 0 Å². The summed E-state index contributed by atoms with van der Waals surface area (Å²) in [4.78, 5) is 27.6. The van der Waals surface area contributed by atoms with Gasteiger partial charge in [0.2, 0.25) is 5.91 Å². The number of thioether (sulfide) groups is 1. The Kier molecular flexibility index (Phi) is 9.06. The molecule has 0 radical (unpaired) electrons. The predicted octanol–water partition coefficient (Wildman–Crippen LogP) is 5.04. The molecule has 3 aromatic rings. The number of anilines is 1. The summed E-state index contributed by atoms with van der Waals surface area (Å²) in [6.45, 7) is 0.133. The van der Waals surface area contributed by atoms with Gasteiger partial charge in [0, 0.05) is 17.2 Å². The first-order chi connectivity index (χ1) is 17.1. The average Bonchev–Trinajstić information content (AvgIpc) is 2.95. The number of ether oxygens (including phenoxy) is 1. The number of nitrogens with one attached hydrogen (secondary N) is 1. The highest BCUT2D eigenvalue weighted by Crippen LogP contribution is 2.37. The van der Waals surface area contributed by atoms with Crippen molar-refractivity contribution in [2.24, 2.45) is 5.73 Å². The quantitative estimate of drug-likeness (QED) is 0.416. The van der Waals surface area contributed by atoms with Gasteiger partial charge in [-0.2, -0.15) is 0 Å². The summed E-state index contributed by atoms with van der Waals surface area (Å²) in [5.41, 5.74) is 7.38. The van der Waals surface area contributed by atoms with Crippen molar-refractivity contribution in [3.8, 4) is 5.75 Å². The van der Waals surface area contributed by atoms with Crippen molar-refractivity contribution >= 4 is 41.7 Å². The van der Waals surface area contributed by atoms with Crippen molar-refractivity contribution in [1.29, 1.82) is 0 Å². The Labute approximate surface area is 220 Å². The third-order valence-electron chi connectivity index (χ3n) is 5.38. The summed E-state index contributed by atoms with van der Waals surface area (Å²) in [6.07, 6.45) is -4.83. The molecule has 6 nitrogen and oxygen atoms in total. The molecule has 0 aliphatic carbocycles. The number of rotatable bonds is 6. The zero-order valence-electron chi connectivity index (χ0n) is 19.1. The SMILES string of the molecule is Cl.N[C@H]1CSc2cc(F)c(C(=O)NCc3ccccc3)cc2N(Cc2ccc(OC(F)(F)F)cc2)C1=O. The molecule has 1 atom stereocenters. The Morgan fingerprint density at radius 1 is 1.08 bits per heavy atom.